The quantitative estimate of drug-likeness (QED) is 0.783. The first kappa shape index (κ1) is 11.6. The second-order valence-electron chi connectivity index (χ2n) is 3.42. The van der Waals surface area contributed by atoms with Crippen LogP contribution < -0.4 is 4.74 Å². The number of hydrogen-bond acceptors (Lipinski definition) is 3. The Bertz CT molecular complexity index is 540. The highest BCUT2D eigenvalue weighted by Crippen LogP contribution is 2.24. The largest absolute Gasteiger partial charge is 0.496 e. The van der Waals surface area contributed by atoms with Crippen molar-refractivity contribution in [2.45, 2.75) is 0 Å². The lowest BCUT2D eigenvalue weighted by Crippen LogP contribution is -2.04. The first-order valence-corrected chi connectivity index (χ1v) is 5.38. The predicted octanol–water partition coefficient (Wildman–Crippen LogP) is 2.97. The van der Waals surface area contributed by atoms with Crippen LogP contribution >= 0.6 is 11.6 Å². The molecule has 0 aliphatic heterocycles. The Morgan fingerprint density at radius 1 is 1.35 bits per heavy atom. The summed E-state index contributed by atoms with van der Waals surface area (Å²) in [5.41, 5.74) is 0.945. The SMILES string of the molecule is COc1ccc(Cl)cc1C(=O)c1cccnc1. The minimum Gasteiger partial charge on any atom is -0.496 e. The average molecular weight is 248 g/mol. The fraction of sp³-hybridized carbons (Fsp3) is 0.0769. The summed E-state index contributed by atoms with van der Waals surface area (Å²) in [6, 6.07) is 8.36. The third-order valence-electron chi connectivity index (χ3n) is 2.33. The van der Waals surface area contributed by atoms with Crippen LogP contribution in [0.1, 0.15) is 15.9 Å². The van der Waals surface area contributed by atoms with Gasteiger partial charge in [-0.1, -0.05) is 11.6 Å². The smallest absolute Gasteiger partial charge is 0.198 e. The molecule has 2 aromatic rings. The highest BCUT2D eigenvalue weighted by Gasteiger charge is 2.14. The molecule has 1 heterocycles. The summed E-state index contributed by atoms with van der Waals surface area (Å²) >= 11 is 5.88. The molecule has 17 heavy (non-hydrogen) atoms. The number of aromatic nitrogens is 1. The average Bonchev–Trinajstić information content (AvgIpc) is 2.39. The molecule has 0 saturated heterocycles. The standard InChI is InChI=1S/C13H10ClNO2/c1-17-12-5-4-10(14)7-11(12)13(16)9-3-2-6-15-8-9/h2-8H,1H3. The molecule has 0 N–H and O–H groups in total. The molecular weight excluding hydrogens is 238 g/mol. The van der Waals surface area contributed by atoms with Gasteiger partial charge < -0.3 is 4.74 Å². The van der Waals surface area contributed by atoms with Gasteiger partial charge in [0, 0.05) is 23.0 Å². The van der Waals surface area contributed by atoms with Gasteiger partial charge in [-0.3, -0.25) is 9.78 Å². The van der Waals surface area contributed by atoms with E-state index in [1.165, 1.54) is 13.3 Å². The molecule has 0 aliphatic carbocycles. The number of methoxy groups -OCH3 is 1. The molecule has 0 amide bonds. The third-order valence-corrected chi connectivity index (χ3v) is 2.56. The lowest BCUT2D eigenvalue weighted by Gasteiger charge is -2.07. The van der Waals surface area contributed by atoms with Gasteiger partial charge in [-0.25, -0.2) is 0 Å². The number of halogens is 1. The van der Waals surface area contributed by atoms with Crippen LogP contribution in [0.5, 0.6) is 5.75 Å². The van der Waals surface area contributed by atoms with Gasteiger partial charge >= 0.3 is 0 Å². The zero-order valence-electron chi connectivity index (χ0n) is 9.18. The first-order chi connectivity index (χ1) is 8.22. The topological polar surface area (TPSA) is 39.2 Å². The van der Waals surface area contributed by atoms with E-state index in [0.29, 0.717) is 21.9 Å². The van der Waals surface area contributed by atoms with Crippen LogP contribution in [-0.2, 0) is 0 Å². The van der Waals surface area contributed by atoms with Gasteiger partial charge in [-0.2, -0.15) is 0 Å². The van der Waals surface area contributed by atoms with E-state index in [1.807, 2.05) is 0 Å². The van der Waals surface area contributed by atoms with E-state index in [2.05, 4.69) is 4.98 Å². The molecule has 86 valence electrons. The molecule has 0 bridgehead atoms. The number of hydrogen-bond donors (Lipinski definition) is 0. The van der Waals surface area contributed by atoms with Crippen molar-refractivity contribution in [3.8, 4) is 5.75 Å². The lowest BCUT2D eigenvalue weighted by molar-refractivity contribution is 0.103. The van der Waals surface area contributed by atoms with Crippen LogP contribution in [0, 0.1) is 0 Å². The van der Waals surface area contributed by atoms with E-state index >= 15 is 0 Å². The molecular formula is C13H10ClNO2. The minimum atomic E-state index is -0.155. The van der Waals surface area contributed by atoms with E-state index < -0.39 is 0 Å². The molecule has 0 aliphatic rings. The summed E-state index contributed by atoms with van der Waals surface area (Å²) in [6.45, 7) is 0. The summed E-state index contributed by atoms with van der Waals surface area (Å²) in [5.74, 6) is 0.348. The summed E-state index contributed by atoms with van der Waals surface area (Å²) in [7, 11) is 1.52. The molecule has 0 unspecified atom stereocenters. The lowest BCUT2D eigenvalue weighted by atomic mass is 10.0. The van der Waals surface area contributed by atoms with Gasteiger partial charge in [0.05, 0.1) is 12.7 Å². The van der Waals surface area contributed by atoms with Crippen LogP contribution in [0.3, 0.4) is 0 Å². The second-order valence-corrected chi connectivity index (χ2v) is 3.85. The van der Waals surface area contributed by atoms with Crippen LogP contribution in [0.2, 0.25) is 5.02 Å². The van der Waals surface area contributed by atoms with Crippen molar-refractivity contribution in [1.29, 1.82) is 0 Å². The number of carbonyl (C=O) groups is 1. The third kappa shape index (κ3) is 2.45. The Morgan fingerprint density at radius 2 is 2.18 bits per heavy atom. The fourth-order valence-electron chi connectivity index (χ4n) is 1.51. The molecule has 4 heteroatoms. The zero-order valence-corrected chi connectivity index (χ0v) is 9.94. The molecule has 0 saturated carbocycles. The van der Waals surface area contributed by atoms with Crippen molar-refractivity contribution < 1.29 is 9.53 Å². The van der Waals surface area contributed by atoms with Gasteiger partial charge in [0.25, 0.3) is 0 Å². The molecule has 2 rings (SSSR count). The Kier molecular flexibility index (Phi) is 3.40. The van der Waals surface area contributed by atoms with Crippen LogP contribution in [0.15, 0.2) is 42.7 Å². The normalized spacial score (nSPS) is 10.0. The van der Waals surface area contributed by atoms with Gasteiger partial charge in [0.15, 0.2) is 5.78 Å². The van der Waals surface area contributed by atoms with E-state index in [-0.39, 0.29) is 5.78 Å². The zero-order chi connectivity index (χ0) is 12.3. The molecule has 0 spiro atoms. The number of carbonyl (C=O) groups excluding carboxylic acids is 1. The minimum absolute atomic E-state index is 0.155. The molecule has 0 atom stereocenters. The van der Waals surface area contributed by atoms with Crippen LogP contribution in [-0.4, -0.2) is 17.9 Å². The highest BCUT2D eigenvalue weighted by molar-refractivity contribution is 6.31. The molecule has 1 aromatic heterocycles. The first-order valence-electron chi connectivity index (χ1n) is 5.00. The molecule has 0 radical (unpaired) electrons. The predicted molar refractivity (Wildman–Crippen MR) is 65.7 cm³/mol. The number of ketones is 1. The summed E-state index contributed by atoms with van der Waals surface area (Å²) < 4.78 is 5.14. The number of benzene rings is 1. The number of ether oxygens (including phenoxy) is 1. The maximum absolute atomic E-state index is 12.2. The number of pyridine rings is 1. The van der Waals surface area contributed by atoms with Crippen molar-refractivity contribution in [2.75, 3.05) is 7.11 Å². The Morgan fingerprint density at radius 3 is 2.82 bits per heavy atom. The van der Waals surface area contributed by atoms with E-state index in [0.717, 1.165) is 0 Å². The molecule has 1 aromatic carbocycles. The Hall–Kier alpha value is -1.87. The van der Waals surface area contributed by atoms with Gasteiger partial charge in [-0.15, -0.1) is 0 Å². The highest BCUT2D eigenvalue weighted by atomic mass is 35.5. The van der Waals surface area contributed by atoms with E-state index in [1.54, 1.807) is 36.5 Å². The van der Waals surface area contributed by atoms with Crippen molar-refractivity contribution in [3.05, 3.63) is 58.9 Å². The van der Waals surface area contributed by atoms with Crippen molar-refractivity contribution in [2.24, 2.45) is 0 Å². The van der Waals surface area contributed by atoms with Crippen molar-refractivity contribution in [1.82, 2.24) is 4.98 Å². The maximum atomic E-state index is 12.2. The van der Waals surface area contributed by atoms with Crippen LogP contribution in [0.25, 0.3) is 0 Å². The summed E-state index contributed by atoms with van der Waals surface area (Å²) in [6.07, 6.45) is 3.13. The maximum Gasteiger partial charge on any atom is 0.198 e. The van der Waals surface area contributed by atoms with Crippen LogP contribution in [0.4, 0.5) is 0 Å². The Balaban J connectivity index is 2.47. The molecule has 3 nitrogen and oxygen atoms in total. The van der Waals surface area contributed by atoms with Gasteiger partial charge in [0.2, 0.25) is 0 Å². The fourth-order valence-corrected chi connectivity index (χ4v) is 1.68. The van der Waals surface area contributed by atoms with Crippen molar-refractivity contribution in [3.63, 3.8) is 0 Å². The molecule has 0 fully saturated rings. The monoisotopic (exact) mass is 247 g/mol. The van der Waals surface area contributed by atoms with E-state index in [9.17, 15) is 4.79 Å². The van der Waals surface area contributed by atoms with Gasteiger partial charge in [-0.05, 0) is 30.3 Å². The number of nitrogens with zero attached hydrogens (tertiary/aromatic N) is 1. The van der Waals surface area contributed by atoms with Crippen molar-refractivity contribution >= 4 is 17.4 Å². The second kappa shape index (κ2) is 4.97. The number of rotatable bonds is 3. The summed E-state index contributed by atoms with van der Waals surface area (Å²) in [4.78, 5) is 16.1. The van der Waals surface area contributed by atoms with Gasteiger partial charge in [0.1, 0.15) is 5.75 Å². The summed E-state index contributed by atoms with van der Waals surface area (Å²) in [5, 5.41) is 0.498. The van der Waals surface area contributed by atoms with E-state index in [4.69, 9.17) is 16.3 Å². The Labute approximate surface area is 104 Å².